The standard InChI is InChI=1S/C20H23N5O3/c1-4-6-11-22-18(26)14-7-9-15(10-8-14)23-24-17-13(3)16(12-21)19(27)25(5-2)20(17)28/h7-10,28H,4-6,11H2,1-3H3,(H,22,26)/b24-23+. The third-order valence-electron chi connectivity index (χ3n) is 4.30. The predicted molar refractivity (Wildman–Crippen MR) is 105 cm³/mol. The number of aromatic hydroxyl groups is 1. The summed E-state index contributed by atoms with van der Waals surface area (Å²) < 4.78 is 1.07. The van der Waals surface area contributed by atoms with Crippen molar-refractivity contribution in [3.63, 3.8) is 0 Å². The van der Waals surface area contributed by atoms with Crippen molar-refractivity contribution in [2.45, 2.75) is 40.2 Å². The third kappa shape index (κ3) is 4.43. The Morgan fingerprint density at radius 3 is 2.50 bits per heavy atom. The maximum Gasteiger partial charge on any atom is 0.271 e. The molecule has 1 heterocycles. The van der Waals surface area contributed by atoms with Gasteiger partial charge in [-0.25, -0.2) is 0 Å². The lowest BCUT2D eigenvalue weighted by atomic mass is 10.1. The Morgan fingerprint density at radius 1 is 1.25 bits per heavy atom. The summed E-state index contributed by atoms with van der Waals surface area (Å²) in [5, 5.41) is 30.5. The van der Waals surface area contributed by atoms with Crippen LogP contribution in [0.1, 0.15) is 48.2 Å². The molecule has 0 fully saturated rings. The molecule has 146 valence electrons. The van der Waals surface area contributed by atoms with E-state index in [1.54, 1.807) is 31.2 Å². The van der Waals surface area contributed by atoms with Gasteiger partial charge in [-0.15, -0.1) is 5.11 Å². The van der Waals surface area contributed by atoms with Crippen LogP contribution in [0.4, 0.5) is 11.4 Å². The van der Waals surface area contributed by atoms with Crippen LogP contribution in [0.5, 0.6) is 5.88 Å². The van der Waals surface area contributed by atoms with Gasteiger partial charge in [0.25, 0.3) is 11.5 Å². The van der Waals surface area contributed by atoms with E-state index >= 15 is 0 Å². The number of pyridine rings is 1. The first-order chi connectivity index (χ1) is 13.4. The Morgan fingerprint density at radius 2 is 1.93 bits per heavy atom. The first-order valence-corrected chi connectivity index (χ1v) is 9.11. The number of hydrogen-bond acceptors (Lipinski definition) is 6. The van der Waals surface area contributed by atoms with Gasteiger partial charge >= 0.3 is 0 Å². The molecule has 0 unspecified atom stereocenters. The average molecular weight is 381 g/mol. The normalized spacial score (nSPS) is 10.8. The van der Waals surface area contributed by atoms with Gasteiger partial charge in [0.05, 0.1) is 5.69 Å². The fraction of sp³-hybridized carbons (Fsp3) is 0.350. The maximum atomic E-state index is 12.2. The minimum Gasteiger partial charge on any atom is -0.493 e. The summed E-state index contributed by atoms with van der Waals surface area (Å²) in [6.45, 7) is 6.10. The molecule has 1 aromatic heterocycles. The number of aromatic nitrogens is 1. The Labute approximate surface area is 163 Å². The third-order valence-corrected chi connectivity index (χ3v) is 4.30. The monoisotopic (exact) mass is 381 g/mol. The Kier molecular flexibility index (Phi) is 7.04. The number of azo groups is 1. The number of hydrogen-bond donors (Lipinski definition) is 2. The van der Waals surface area contributed by atoms with Crippen LogP contribution in [0.3, 0.4) is 0 Å². The van der Waals surface area contributed by atoms with E-state index in [2.05, 4.69) is 22.5 Å². The SMILES string of the molecule is CCCCNC(=O)c1ccc(/N=N/c2c(C)c(C#N)c(=O)n(CC)c2O)cc1. The maximum absolute atomic E-state index is 12.2. The molecule has 28 heavy (non-hydrogen) atoms. The van der Waals surface area contributed by atoms with Crippen LogP contribution in [0, 0.1) is 18.3 Å². The summed E-state index contributed by atoms with van der Waals surface area (Å²) in [6, 6.07) is 8.39. The van der Waals surface area contributed by atoms with E-state index in [0.29, 0.717) is 17.8 Å². The zero-order valence-electron chi connectivity index (χ0n) is 16.2. The topological polar surface area (TPSA) is 120 Å². The first kappa shape index (κ1) is 20.8. The van der Waals surface area contributed by atoms with Gasteiger partial charge < -0.3 is 10.4 Å². The molecule has 0 aliphatic rings. The van der Waals surface area contributed by atoms with Crippen molar-refractivity contribution < 1.29 is 9.90 Å². The highest BCUT2D eigenvalue weighted by molar-refractivity contribution is 5.94. The van der Waals surface area contributed by atoms with Crippen molar-refractivity contribution in [3.8, 4) is 11.9 Å². The van der Waals surface area contributed by atoms with Crippen LogP contribution in [-0.4, -0.2) is 22.1 Å². The number of carbonyl (C=O) groups is 1. The number of rotatable bonds is 7. The van der Waals surface area contributed by atoms with Crippen LogP contribution in [0.15, 0.2) is 39.3 Å². The Bertz CT molecular complexity index is 985. The molecular weight excluding hydrogens is 358 g/mol. The van der Waals surface area contributed by atoms with Crippen molar-refractivity contribution in [2.75, 3.05) is 6.54 Å². The zero-order valence-corrected chi connectivity index (χ0v) is 16.2. The highest BCUT2D eigenvalue weighted by atomic mass is 16.3. The van der Waals surface area contributed by atoms with Crippen molar-refractivity contribution >= 4 is 17.3 Å². The molecule has 0 saturated carbocycles. The van der Waals surface area contributed by atoms with E-state index in [-0.39, 0.29) is 35.1 Å². The lowest BCUT2D eigenvalue weighted by molar-refractivity contribution is 0.0953. The predicted octanol–water partition coefficient (Wildman–Crippen LogP) is 3.70. The van der Waals surface area contributed by atoms with Gasteiger partial charge in [0.2, 0.25) is 5.88 Å². The molecule has 1 aromatic carbocycles. The Balaban J connectivity index is 2.28. The second kappa shape index (κ2) is 9.46. The van der Waals surface area contributed by atoms with Gasteiger partial charge in [-0.1, -0.05) is 13.3 Å². The van der Waals surface area contributed by atoms with Gasteiger partial charge in [0, 0.05) is 24.2 Å². The van der Waals surface area contributed by atoms with Crippen molar-refractivity contribution in [1.29, 1.82) is 5.26 Å². The number of unbranched alkanes of at least 4 members (excludes halogenated alkanes) is 1. The first-order valence-electron chi connectivity index (χ1n) is 9.11. The average Bonchev–Trinajstić information content (AvgIpc) is 2.69. The largest absolute Gasteiger partial charge is 0.493 e. The molecule has 8 heteroatoms. The minimum atomic E-state index is -0.558. The van der Waals surface area contributed by atoms with Crippen molar-refractivity contribution in [2.24, 2.45) is 10.2 Å². The van der Waals surface area contributed by atoms with Crippen LogP contribution in [0.25, 0.3) is 0 Å². The van der Waals surface area contributed by atoms with Gasteiger partial charge in [0.15, 0.2) is 5.69 Å². The molecule has 2 aromatic rings. The molecular formula is C20H23N5O3. The van der Waals surface area contributed by atoms with Crippen LogP contribution in [-0.2, 0) is 6.54 Å². The van der Waals surface area contributed by atoms with Gasteiger partial charge in [-0.2, -0.15) is 10.4 Å². The van der Waals surface area contributed by atoms with E-state index in [9.17, 15) is 20.0 Å². The highest BCUT2D eigenvalue weighted by Crippen LogP contribution is 2.32. The highest BCUT2D eigenvalue weighted by Gasteiger charge is 2.18. The molecule has 0 spiro atoms. The van der Waals surface area contributed by atoms with E-state index < -0.39 is 5.56 Å². The summed E-state index contributed by atoms with van der Waals surface area (Å²) in [5.74, 6) is -0.487. The number of nitriles is 1. The number of nitrogens with one attached hydrogen (secondary N) is 1. The molecule has 2 rings (SSSR count). The number of nitrogens with zero attached hydrogens (tertiary/aromatic N) is 4. The quantitative estimate of drug-likeness (QED) is 0.561. The molecule has 0 radical (unpaired) electrons. The molecule has 8 nitrogen and oxygen atoms in total. The summed E-state index contributed by atoms with van der Waals surface area (Å²) in [6.07, 6.45) is 1.93. The van der Waals surface area contributed by atoms with Crippen LogP contribution >= 0.6 is 0 Å². The smallest absolute Gasteiger partial charge is 0.271 e. The van der Waals surface area contributed by atoms with Gasteiger partial charge in [-0.05, 0) is 44.5 Å². The molecule has 0 saturated heterocycles. The summed E-state index contributed by atoms with van der Waals surface area (Å²) >= 11 is 0. The van der Waals surface area contributed by atoms with Crippen LogP contribution < -0.4 is 10.9 Å². The molecule has 2 N–H and O–H groups in total. The lowest BCUT2D eigenvalue weighted by Gasteiger charge is -2.11. The molecule has 1 amide bonds. The van der Waals surface area contributed by atoms with Gasteiger partial charge in [-0.3, -0.25) is 14.2 Å². The van der Waals surface area contributed by atoms with E-state index in [1.807, 2.05) is 6.07 Å². The van der Waals surface area contributed by atoms with E-state index in [1.165, 1.54) is 6.92 Å². The van der Waals surface area contributed by atoms with E-state index in [4.69, 9.17) is 0 Å². The number of carbonyl (C=O) groups excluding carboxylic acids is 1. The van der Waals surface area contributed by atoms with Crippen LogP contribution in [0.2, 0.25) is 0 Å². The fourth-order valence-electron chi connectivity index (χ4n) is 2.62. The van der Waals surface area contributed by atoms with E-state index in [0.717, 1.165) is 17.4 Å². The molecule has 0 bridgehead atoms. The Hall–Kier alpha value is -3.47. The van der Waals surface area contributed by atoms with Gasteiger partial charge in [0.1, 0.15) is 11.6 Å². The minimum absolute atomic E-state index is 0.0689. The summed E-state index contributed by atoms with van der Waals surface area (Å²) in [5.41, 5.74) is 0.687. The number of amides is 1. The molecule has 0 aliphatic heterocycles. The molecule has 0 aliphatic carbocycles. The number of benzene rings is 1. The molecule has 0 atom stereocenters. The van der Waals surface area contributed by atoms with Crippen molar-refractivity contribution in [3.05, 3.63) is 51.3 Å². The fourth-order valence-corrected chi connectivity index (χ4v) is 2.62. The zero-order chi connectivity index (χ0) is 20.7. The lowest BCUT2D eigenvalue weighted by Crippen LogP contribution is -2.24. The second-order valence-electron chi connectivity index (χ2n) is 6.19. The second-order valence-corrected chi connectivity index (χ2v) is 6.19. The van der Waals surface area contributed by atoms with Crippen molar-refractivity contribution in [1.82, 2.24) is 9.88 Å². The summed E-state index contributed by atoms with van der Waals surface area (Å²) in [7, 11) is 0. The summed E-state index contributed by atoms with van der Waals surface area (Å²) in [4.78, 5) is 24.2.